The summed E-state index contributed by atoms with van der Waals surface area (Å²) in [4.78, 5) is 31.4. The Morgan fingerprint density at radius 3 is 2.21 bits per heavy atom. The molecule has 7 nitrogen and oxygen atoms in total. The number of urea groups is 1. The molecule has 1 aromatic heterocycles. The summed E-state index contributed by atoms with van der Waals surface area (Å²) in [5.74, 6) is 0.354. The minimum Gasteiger partial charge on any atom is -0.445 e. The van der Waals surface area contributed by atoms with Crippen molar-refractivity contribution in [3.63, 3.8) is 0 Å². The van der Waals surface area contributed by atoms with Crippen LogP contribution in [0.5, 0.6) is 0 Å². The van der Waals surface area contributed by atoms with Crippen LogP contribution < -0.4 is 10.6 Å². The minimum atomic E-state index is -0.493. The van der Waals surface area contributed by atoms with E-state index < -0.39 is 11.6 Å². The van der Waals surface area contributed by atoms with Crippen LogP contribution in [0, 0.1) is 19.8 Å². The molecule has 0 radical (unpaired) electrons. The van der Waals surface area contributed by atoms with Gasteiger partial charge in [-0.25, -0.2) is 9.59 Å². The summed E-state index contributed by atoms with van der Waals surface area (Å²) in [6.07, 6.45) is 0.230. The molecule has 7 heteroatoms. The Kier molecular flexibility index (Phi) is 8.47. The maximum absolute atomic E-state index is 12.6. The number of hydrogen-bond acceptors (Lipinski definition) is 4. The second-order valence-electron chi connectivity index (χ2n) is 10.1. The number of alkyl carbamates (subject to hydrolysis) is 1. The van der Waals surface area contributed by atoms with Crippen molar-refractivity contribution in [1.82, 2.24) is 15.2 Å². The summed E-state index contributed by atoms with van der Waals surface area (Å²) in [7, 11) is 3.38. The molecule has 33 heavy (non-hydrogen) atoms. The fourth-order valence-corrected chi connectivity index (χ4v) is 3.40. The number of nitrogens with one attached hydrogen (secondary N) is 2. The number of nitrogens with zero attached hydrogens (tertiary/aromatic N) is 2. The molecule has 1 heterocycles. The highest BCUT2D eigenvalue weighted by Crippen LogP contribution is 2.37. The standard InChI is InChI=1S/C26H38N4O3/c1-16(2)14-21-20(15-33-25(32)29-26(5,6)7)22(19-12-10-17(3)11-13-19)23(18(4)27-21)28-24(31)30(8)9/h10-13,16H,14-15H2,1-9H3,(H,28,31)(H,29,32). The zero-order valence-electron chi connectivity index (χ0n) is 21.4. The van der Waals surface area contributed by atoms with Gasteiger partial charge in [0.1, 0.15) is 6.61 Å². The molecule has 0 spiro atoms. The Bertz CT molecular complexity index is 990. The van der Waals surface area contributed by atoms with Crippen LogP contribution in [0.3, 0.4) is 0 Å². The van der Waals surface area contributed by atoms with E-state index in [9.17, 15) is 9.59 Å². The summed E-state index contributed by atoms with van der Waals surface area (Å²) in [5.41, 5.74) is 5.50. The molecule has 0 unspecified atom stereocenters. The first-order chi connectivity index (χ1) is 15.3. The number of pyridine rings is 1. The maximum Gasteiger partial charge on any atom is 0.407 e. The smallest absolute Gasteiger partial charge is 0.407 e. The first-order valence-electron chi connectivity index (χ1n) is 11.3. The molecule has 3 amide bonds. The molecule has 0 aliphatic carbocycles. The Morgan fingerprint density at radius 2 is 1.70 bits per heavy atom. The zero-order valence-corrected chi connectivity index (χ0v) is 21.4. The number of hydrogen-bond donors (Lipinski definition) is 2. The van der Waals surface area contributed by atoms with E-state index in [-0.39, 0.29) is 12.6 Å². The van der Waals surface area contributed by atoms with Gasteiger partial charge in [-0.3, -0.25) is 4.98 Å². The van der Waals surface area contributed by atoms with Crippen LogP contribution in [0.25, 0.3) is 11.1 Å². The van der Waals surface area contributed by atoms with Crippen molar-refractivity contribution in [3.8, 4) is 11.1 Å². The van der Waals surface area contributed by atoms with Crippen molar-refractivity contribution >= 4 is 17.8 Å². The average Bonchev–Trinajstić information content (AvgIpc) is 2.67. The molecule has 0 saturated heterocycles. The van der Waals surface area contributed by atoms with Gasteiger partial charge in [-0.05, 0) is 52.5 Å². The van der Waals surface area contributed by atoms with E-state index in [1.165, 1.54) is 4.90 Å². The lowest BCUT2D eigenvalue weighted by molar-refractivity contribution is 0.131. The number of aromatic nitrogens is 1. The number of carbonyl (C=O) groups is 2. The monoisotopic (exact) mass is 454 g/mol. The summed E-state index contributed by atoms with van der Waals surface area (Å²) in [6, 6.07) is 7.85. The fraction of sp³-hybridized carbons (Fsp3) is 0.500. The van der Waals surface area contributed by atoms with E-state index in [2.05, 4.69) is 24.5 Å². The van der Waals surface area contributed by atoms with E-state index in [0.29, 0.717) is 11.6 Å². The number of ether oxygens (including phenoxy) is 1. The highest BCUT2D eigenvalue weighted by atomic mass is 16.5. The number of aryl methyl sites for hydroxylation is 2. The molecule has 180 valence electrons. The van der Waals surface area contributed by atoms with Crippen LogP contribution in [0.2, 0.25) is 0 Å². The topological polar surface area (TPSA) is 83.6 Å². The SMILES string of the molecule is Cc1ccc(-c2c(COC(=O)NC(C)(C)C)c(CC(C)C)nc(C)c2NC(=O)N(C)C)cc1. The minimum absolute atomic E-state index is 0.0469. The van der Waals surface area contributed by atoms with Gasteiger partial charge in [-0.2, -0.15) is 0 Å². The lowest BCUT2D eigenvalue weighted by Gasteiger charge is -2.24. The summed E-state index contributed by atoms with van der Waals surface area (Å²) >= 11 is 0. The molecule has 0 aliphatic rings. The molecule has 2 aromatic rings. The van der Waals surface area contributed by atoms with Crippen molar-refractivity contribution in [2.45, 2.75) is 67.0 Å². The highest BCUT2D eigenvalue weighted by molar-refractivity contribution is 5.96. The normalized spacial score (nSPS) is 11.3. The fourth-order valence-electron chi connectivity index (χ4n) is 3.40. The van der Waals surface area contributed by atoms with E-state index in [4.69, 9.17) is 9.72 Å². The molecule has 1 aromatic carbocycles. The van der Waals surface area contributed by atoms with Crippen molar-refractivity contribution < 1.29 is 14.3 Å². The molecular formula is C26H38N4O3. The van der Waals surface area contributed by atoms with Crippen LogP contribution in [0.4, 0.5) is 15.3 Å². The van der Waals surface area contributed by atoms with Crippen LogP contribution in [0.1, 0.15) is 57.1 Å². The predicted octanol–water partition coefficient (Wildman–Crippen LogP) is 5.68. The largest absolute Gasteiger partial charge is 0.445 e. The van der Waals surface area contributed by atoms with Gasteiger partial charge in [0.15, 0.2) is 0 Å². The Hall–Kier alpha value is -3.09. The zero-order chi connectivity index (χ0) is 24.9. The molecule has 2 N–H and O–H groups in total. The van der Waals surface area contributed by atoms with Crippen LogP contribution in [-0.2, 0) is 17.8 Å². The predicted molar refractivity (Wildman–Crippen MR) is 133 cm³/mol. The van der Waals surface area contributed by atoms with E-state index in [1.807, 2.05) is 58.9 Å². The van der Waals surface area contributed by atoms with Gasteiger partial charge in [0.05, 0.1) is 11.4 Å². The molecule has 0 bridgehead atoms. The average molecular weight is 455 g/mol. The molecule has 0 saturated carbocycles. The maximum atomic E-state index is 12.6. The van der Waals surface area contributed by atoms with Gasteiger partial charge in [0.2, 0.25) is 0 Å². The van der Waals surface area contributed by atoms with Crippen molar-refractivity contribution in [2.24, 2.45) is 5.92 Å². The summed E-state index contributed by atoms with van der Waals surface area (Å²) < 4.78 is 5.65. The third-order valence-corrected chi connectivity index (χ3v) is 4.97. The van der Waals surface area contributed by atoms with Crippen LogP contribution >= 0.6 is 0 Å². The molecule has 0 fully saturated rings. The lowest BCUT2D eigenvalue weighted by Crippen LogP contribution is -2.40. The van der Waals surface area contributed by atoms with E-state index in [0.717, 1.165) is 40.1 Å². The van der Waals surface area contributed by atoms with Crippen molar-refractivity contribution in [3.05, 3.63) is 46.8 Å². The van der Waals surface area contributed by atoms with Gasteiger partial charge in [-0.1, -0.05) is 43.7 Å². The van der Waals surface area contributed by atoms with Gasteiger partial charge in [0, 0.05) is 36.5 Å². The first kappa shape index (κ1) is 26.2. The molecule has 0 aliphatic heterocycles. The summed E-state index contributed by atoms with van der Waals surface area (Å²) in [5, 5.41) is 5.84. The van der Waals surface area contributed by atoms with Gasteiger partial charge in [-0.15, -0.1) is 0 Å². The quantitative estimate of drug-likeness (QED) is 0.588. The second-order valence-corrected chi connectivity index (χ2v) is 10.1. The number of anilines is 1. The van der Waals surface area contributed by atoms with Crippen LogP contribution in [-0.4, -0.2) is 41.6 Å². The van der Waals surface area contributed by atoms with E-state index in [1.54, 1.807) is 14.1 Å². The number of amides is 3. The van der Waals surface area contributed by atoms with Gasteiger partial charge < -0.3 is 20.3 Å². The number of carbonyl (C=O) groups excluding carboxylic acids is 2. The van der Waals surface area contributed by atoms with Gasteiger partial charge in [0.25, 0.3) is 0 Å². The van der Waals surface area contributed by atoms with Crippen molar-refractivity contribution in [1.29, 1.82) is 0 Å². The van der Waals surface area contributed by atoms with E-state index >= 15 is 0 Å². The Balaban J connectivity index is 2.68. The molecule has 0 atom stereocenters. The Labute approximate surface area is 197 Å². The van der Waals surface area contributed by atoms with Crippen LogP contribution in [0.15, 0.2) is 24.3 Å². The lowest BCUT2D eigenvalue weighted by atomic mass is 9.92. The molecular weight excluding hydrogens is 416 g/mol. The highest BCUT2D eigenvalue weighted by Gasteiger charge is 2.23. The number of rotatable bonds is 6. The van der Waals surface area contributed by atoms with Gasteiger partial charge >= 0.3 is 12.1 Å². The Morgan fingerprint density at radius 1 is 1.09 bits per heavy atom. The third-order valence-electron chi connectivity index (χ3n) is 4.97. The van der Waals surface area contributed by atoms with Crippen molar-refractivity contribution in [2.75, 3.05) is 19.4 Å². The number of benzene rings is 1. The summed E-state index contributed by atoms with van der Waals surface area (Å²) in [6.45, 7) is 13.9. The second kappa shape index (κ2) is 10.7. The first-order valence-corrected chi connectivity index (χ1v) is 11.3. The molecule has 2 rings (SSSR count). The third kappa shape index (κ3) is 7.48.